The fourth-order valence-electron chi connectivity index (χ4n) is 4.07. The summed E-state index contributed by atoms with van der Waals surface area (Å²) < 4.78 is 52.8. The molecule has 0 atom stereocenters. The summed E-state index contributed by atoms with van der Waals surface area (Å²) in [6.45, 7) is 3.66. The predicted octanol–water partition coefficient (Wildman–Crippen LogP) is 5.56. The van der Waals surface area contributed by atoms with Crippen molar-refractivity contribution in [3.63, 3.8) is 0 Å². The van der Waals surface area contributed by atoms with Crippen LogP contribution in [0.1, 0.15) is 29.9 Å². The van der Waals surface area contributed by atoms with Gasteiger partial charge < -0.3 is 19.0 Å². The Morgan fingerprint density at radius 2 is 2.03 bits per heavy atom. The lowest BCUT2D eigenvalue weighted by atomic mass is 10.1. The van der Waals surface area contributed by atoms with Crippen molar-refractivity contribution in [3.05, 3.63) is 83.0 Å². The van der Waals surface area contributed by atoms with Gasteiger partial charge in [0.2, 0.25) is 5.91 Å². The average Bonchev–Trinajstić information content (AvgIpc) is 3.53. The van der Waals surface area contributed by atoms with Gasteiger partial charge in [0.1, 0.15) is 17.5 Å². The van der Waals surface area contributed by atoms with E-state index in [1.807, 2.05) is 6.92 Å². The van der Waals surface area contributed by atoms with Gasteiger partial charge in [-0.1, -0.05) is 17.7 Å². The largest absolute Gasteiger partial charge is 0.497 e. The van der Waals surface area contributed by atoms with Crippen LogP contribution in [0.25, 0.3) is 16.8 Å². The molecule has 1 fully saturated rings. The van der Waals surface area contributed by atoms with Crippen LogP contribution in [0.5, 0.6) is 0 Å². The second-order valence-electron chi connectivity index (χ2n) is 8.43. The third-order valence-corrected chi connectivity index (χ3v) is 6.44. The molecule has 8 nitrogen and oxygen atoms in total. The Kier molecular flexibility index (Phi) is 7.68. The fraction of sp³-hybridized carbons (Fsp3) is 0.269. The van der Waals surface area contributed by atoms with E-state index in [1.54, 1.807) is 38.3 Å². The van der Waals surface area contributed by atoms with E-state index in [-0.39, 0.29) is 42.0 Å². The zero-order chi connectivity index (χ0) is 27.6. The van der Waals surface area contributed by atoms with Gasteiger partial charge in [-0.15, -0.1) is 0 Å². The summed E-state index contributed by atoms with van der Waals surface area (Å²) in [7, 11) is 1.55. The highest BCUT2D eigenvalue weighted by atomic mass is 35.5. The summed E-state index contributed by atoms with van der Waals surface area (Å²) >= 11 is 6.38. The molecule has 38 heavy (non-hydrogen) atoms. The van der Waals surface area contributed by atoms with E-state index in [2.05, 4.69) is 4.98 Å². The smallest absolute Gasteiger partial charge is 0.420 e. The van der Waals surface area contributed by atoms with Crippen LogP contribution in [0, 0.1) is 0 Å². The molecule has 3 aromatic rings. The molecule has 0 aromatic carbocycles. The van der Waals surface area contributed by atoms with Crippen molar-refractivity contribution < 1.29 is 31.9 Å². The maximum atomic E-state index is 13.9. The van der Waals surface area contributed by atoms with Crippen molar-refractivity contribution >= 4 is 29.1 Å². The van der Waals surface area contributed by atoms with Gasteiger partial charge in [0.15, 0.2) is 11.3 Å². The Balaban J connectivity index is 1.60. The lowest BCUT2D eigenvalue weighted by Crippen LogP contribution is -2.51. The molecule has 1 saturated heterocycles. The second kappa shape index (κ2) is 10.8. The van der Waals surface area contributed by atoms with Gasteiger partial charge in [0, 0.05) is 36.1 Å². The first-order valence-corrected chi connectivity index (χ1v) is 11.9. The number of pyridine rings is 1. The fourth-order valence-corrected chi connectivity index (χ4v) is 4.32. The summed E-state index contributed by atoms with van der Waals surface area (Å²) in [5.41, 5.74) is -0.677. The van der Waals surface area contributed by atoms with Gasteiger partial charge in [-0.25, -0.2) is 4.98 Å². The SMILES string of the molecule is C\C=C(/C=C\C=C(/C)N1CCN(C(=O)c2nc3c(C(F)(F)F)cc(-c4ccoc4)cn3c2Cl)CC1=O)OC. The van der Waals surface area contributed by atoms with E-state index < -0.39 is 23.3 Å². The number of piperazine rings is 1. The molecule has 0 unspecified atom stereocenters. The molecule has 0 saturated carbocycles. The van der Waals surface area contributed by atoms with Crippen molar-refractivity contribution in [1.82, 2.24) is 19.2 Å². The molecule has 2 amide bonds. The maximum absolute atomic E-state index is 13.9. The van der Waals surface area contributed by atoms with Crippen LogP contribution in [0.4, 0.5) is 13.2 Å². The first-order valence-electron chi connectivity index (χ1n) is 11.5. The molecule has 0 radical (unpaired) electrons. The molecule has 200 valence electrons. The number of methoxy groups -OCH3 is 1. The van der Waals surface area contributed by atoms with Gasteiger partial charge in [0.05, 0.1) is 25.2 Å². The number of imidazole rings is 1. The lowest BCUT2D eigenvalue weighted by Gasteiger charge is -2.34. The number of aromatic nitrogens is 2. The molecule has 0 bridgehead atoms. The number of carbonyl (C=O) groups excluding carboxylic acids is 2. The molecule has 0 aliphatic carbocycles. The van der Waals surface area contributed by atoms with Crippen LogP contribution in [-0.4, -0.2) is 57.7 Å². The summed E-state index contributed by atoms with van der Waals surface area (Å²) in [6, 6.07) is 2.43. The highest BCUT2D eigenvalue weighted by Crippen LogP contribution is 2.37. The topological polar surface area (TPSA) is 80.3 Å². The Labute approximate surface area is 221 Å². The molecule has 1 aliphatic heterocycles. The molecule has 0 spiro atoms. The number of fused-ring (bicyclic) bond motifs is 1. The number of ether oxygens (including phenoxy) is 1. The normalized spacial score (nSPS) is 15.7. The van der Waals surface area contributed by atoms with Crippen LogP contribution in [0.3, 0.4) is 0 Å². The number of rotatable bonds is 6. The van der Waals surface area contributed by atoms with Crippen LogP contribution >= 0.6 is 11.6 Å². The Hall–Kier alpha value is -3.99. The van der Waals surface area contributed by atoms with E-state index in [4.69, 9.17) is 20.8 Å². The Bertz CT molecular complexity index is 1460. The van der Waals surface area contributed by atoms with Gasteiger partial charge in [-0.2, -0.15) is 13.2 Å². The molecule has 4 heterocycles. The minimum atomic E-state index is -4.76. The summed E-state index contributed by atoms with van der Waals surface area (Å²) in [6.07, 6.45) is 6.25. The van der Waals surface area contributed by atoms with Crippen LogP contribution in [0.15, 0.2) is 71.0 Å². The van der Waals surface area contributed by atoms with Crippen molar-refractivity contribution in [2.24, 2.45) is 0 Å². The van der Waals surface area contributed by atoms with Gasteiger partial charge in [-0.05, 0) is 44.2 Å². The zero-order valence-corrected chi connectivity index (χ0v) is 21.5. The Morgan fingerprint density at radius 3 is 2.63 bits per heavy atom. The summed E-state index contributed by atoms with van der Waals surface area (Å²) in [4.78, 5) is 32.8. The number of nitrogens with zero attached hydrogens (tertiary/aromatic N) is 4. The second-order valence-corrected chi connectivity index (χ2v) is 8.79. The number of allylic oxidation sites excluding steroid dienone is 5. The quantitative estimate of drug-likeness (QED) is 0.297. The highest BCUT2D eigenvalue weighted by Gasteiger charge is 2.37. The molecular formula is C26H24ClF3N4O4. The number of hydrogen-bond donors (Lipinski definition) is 0. The van der Waals surface area contributed by atoms with Crippen LogP contribution < -0.4 is 0 Å². The van der Waals surface area contributed by atoms with Gasteiger partial charge in [-0.3, -0.25) is 14.0 Å². The van der Waals surface area contributed by atoms with Crippen LogP contribution in [-0.2, 0) is 15.7 Å². The average molecular weight is 549 g/mol. The van der Waals surface area contributed by atoms with E-state index >= 15 is 0 Å². The number of furan rings is 1. The van der Waals surface area contributed by atoms with E-state index in [0.717, 1.165) is 10.5 Å². The lowest BCUT2D eigenvalue weighted by molar-refractivity contribution is -0.136. The van der Waals surface area contributed by atoms with Gasteiger partial charge in [0.25, 0.3) is 5.91 Å². The number of amides is 2. The van der Waals surface area contributed by atoms with E-state index in [1.165, 1.54) is 34.6 Å². The third kappa shape index (κ3) is 5.33. The van der Waals surface area contributed by atoms with Crippen LogP contribution in [0.2, 0.25) is 5.15 Å². The minimum Gasteiger partial charge on any atom is -0.497 e. The molecule has 1 aliphatic rings. The monoisotopic (exact) mass is 548 g/mol. The first kappa shape index (κ1) is 27.1. The number of hydrogen-bond acceptors (Lipinski definition) is 5. The Morgan fingerprint density at radius 1 is 1.26 bits per heavy atom. The standard InChI is InChI=1S/C26H24ClF3N4O4/c1-4-19(37-3)7-5-6-16(2)33-10-9-32(14-21(33)35)25(36)22-23(27)34-13-18(17-8-11-38-15-17)12-20(24(34)31-22)26(28,29)30/h4-8,11-13,15H,9-10,14H2,1-3H3/b7-5-,16-6+,19-4+. The maximum Gasteiger partial charge on any atom is 0.420 e. The number of halogens is 4. The highest BCUT2D eigenvalue weighted by molar-refractivity contribution is 6.33. The third-order valence-electron chi connectivity index (χ3n) is 6.08. The molecule has 4 rings (SSSR count). The molecule has 3 aromatic heterocycles. The predicted molar refractivity (Wildman–Crippen MR) is 134 cm³/mol. The zero-order valence-electron chi connectivity index (χ0n) is 20.8. The van der Waals surface area contributed by atoms with E-state index in [0.29, 0.717) is 17.0 Å². The first-order chi connectivity index (χ1) is 18.0. The number of carbonyl (C=O) groups is 2. The summed E-state index contributed by atoms with van der Waals surface area (Å²) in [5, 5.41) is -0.283. The molecule has 12 heteroatoms. The van der Waals surface area contributed by atoms with Crippen molar-refractivity contribution in [1.29, 1.82) is 0 Å². The van der Waals surface area contributed by atoms with E-state index in [9.17, 15) is 22.8 Å². The van der Waals surface area contributed by atoms with Crippen molar-refractivity contribution in [2.75, 3.05) is 26.7 Å². The van der Waals surface area contributed by atoms with Gasteiger partial charge >= 0.3 is 6.18 Å². The van der Waals surface area contributed by atoms with Crippen molar-refractivity contribution in [2.45, 2.75) is 20.0 Å². The number of alkyl halides is 3. The molecule has 0 N–H and O–H groups in total. The minimum absolute atomic E-state index is 0.147. The van der Waals surface area contributed by atoms with Crippen molar-refractivity contribution in [3.8, 4) is 11.1 Å². The summed E-state index contributed by atoms with van der Waals surface area (Å²) in [5.74, 6) is -0.419. The molecular weight excluding hydrogens is 525 g/mol.